The Hall–Kier alpha value is -2.31. The van der Waals surface area contributed by atoms with Gasteiger partial charge in [-0.3, -0.25) is 4.98 Å². The van der Waals surface area contributed by atoms with Gasteiger partial charge < -0.3 is 21.1 Å². The lowest BCUT2D eigenvalue weighted by atomic mass is 9.83. The third-order valence-corrected chi connectivity index (χ3v) is 4.00. The SMILES string of the molecule is C=C(C=CC)C(O)(CN)C(O)(O)c1ccc(-c2ccccc2)cn1. The van der Waals surface area contributed by atoms with Crippen molar-refractivity contribution in [3.63, 3.8) is 0 Å². The molecule has 5 nitrogen and oxygen atoms in total. The van der Waals surface area contributed by atoms with Crippen LogP contribution in [0.25, 0.3) is 11.1 Å². The number of allylic oxidation sites excluding steroid dienone is 1. The molecule has 1 heterocycles. The van der Waals surface area contributed by atoms with Crippen LogP contribution in [0.15, 0.2) is 73.0 Å². The second-order valence-electron chi connectivity index (χ2n) is 5.56. The molecule has 5 heteroatoms. The van der Waals surface area contributed by atoms with Gasteiger partial charge in [-0.05, 0) is 24.1 Å². The number of hydrogen-bond donors (Lipinski definition) is 4. The van der Waals surface area contributed by atoms with E-state index in [1.165, 1.54) is 18.3 Å². The summed E-state index contributed by atoms with van der Waals surface area (Å²) in [6.45, 7) is 4.98. The molecule has 0 aliphatic heterocycles. The van der Waals surface area contributed by atoms with Gasteiger partial charge in [-0.25, -0.2) is 0 Å². The highest BCUT2D eigenvalue weighted by Crippen LogP contribution is 2.35. The molecule has 1 aromatic carbocycles. The summed E-state index contributed by atoms with van der Waals surface area (Å²) in [4.78, 5) is 4.10. The highest BCUT2D eigenvalue weighted by molar-refractivity contribution is 5.62. The van der Waals surface area contributed by atoms with Crippen molar-refractivity contribution in [2.75, 3.05) is 6.54 Å². The number of nitrogens with two attached hydrogens (primary N) is 1. The van der Waals surface area contributed by atoms with E-state index in [2.05, 4.69) is 11.6 Å². The molecular formula is C19H22N2O3. The number of nitrogens with zero attached hydrogens (tertiary/aromatic N) is 1. The highest BCUT2D eigenvalue weighted by Gasteiger charge is 2.51. The van der Waals surface area contributed by atoms with Crippen LogP contribution >= 0.6 is 0 Å². The Morgan fingerprint density at radius 1 is 1.12 bits per heavy atom. The molecule has 1 unspecified atom stereocenters. The quantitative estimate of drug-likeness (QED) is 0.478. The van der Waals surface area contributed by atoms with E-state index in [0.717, 1.165) is 11.1 Å². The number of pyridine rings is 1. The van der Waals surface area contributed by atoms with Crippen LogP contribution in [0, 0.1) is 0 Å². The first-order valence-corrected chi connectivity index (χ1v) is 7.58. The lowest BCUT2D eigenvalue weighted by Gasteiger charge is -2.38. The topological polar surface area (TPSA) is 99.6 Å². The van der Waals surface area contributed by atoms with Gasteiger partial charge >= 0.3 is 0 Å². The smallest absolute Gasteiger partial charge is 0.242 e. The van der Waals surface area contributed by atoms with Crippen LogP contribution in [0.3, 0.4) is 0 Å². The van der Waals surface area contributed by atoms with Gasteiger partial charge in [-0.1, -0.05) is 55.1 Å². The monoisotopic (exact) mass is 326 g/mol. The summed E-state index contributed by atoms with van der Waals surface area (Å²) in [6, 6.07) is 12.7. The molecule has 0 saturated heterocycles. The minimum absolute atomic E-state index is 0.0893. The summed E-state index contributed by atoms with van der Waals surface area (Å²) >= 11 is 0. The molecule has 1 aromatic heterocycles. The zero-order chi connectivity index (χ0) is 17.8. The van der Waals surface area contributed by atoms with Gasteiger partial charge in [0, 0.05) is 18.3 Å². The number of hydrogen-bond acceptors (Lipinski definition) is 5. The Morgan fingerprint density at radius 3 is 2.29 bits per heavy atom. The van der Waals surface area contributed by atoms with Crippen LogP contribution in [0.4, 0.5) is 0 Å². The Labute approximate surface area is 141 Å². The van der Waals surface area contributed by atoms with Gasteiger partial charge in [0.05, 0.1) is 0 Å². The molecule has 0 amide bonds. The van der Waals surface area contributed by atoms with E-state index in [0.29, 0.717) is 0 Å². The van der Waals surface area contributed by atoms with Crippen molar-refractivity contribution < 1.29 is 15.3 Å². The van der Waals surface area contributed by atoms with E-state index in [-0.39, 0.29) is 11.3 Å². The Kier molecular flexibility index (Phi) is 5.31. The van der Waals surface area contributed by atoms with Gasteiger partial charge in [0.25, 0.3) is 0 Å². The van der Waals surface area contributed by atoms with E-state index in [4.69, 9.17) is 5.73 Å². The van der Waals surface area contributed by atoms with Crippen molar-refractivity contribution in [1.29, 1.82) is 0 Å². The fourth-order valence-electron chi connectivity index (χ4n) is 2.45. The van der Waals surface area contributed by atoms with Crippen LogP contribution < -0.4 is 5.73 Å². The maximum absolute atomic E-state index is 10.7. The van der Waals surface area contributed by atoms with Gasteiger partial charge in [-0.2, -0.15) is 0 Å². The molecule has 2 aromatic rings. The van der Waals surface area contributed by atoms with E-state index < -0.39 is 17.9 Å². The number of benzene rings is 1. The molecule has 0 saturated carbocycles. The summed E-state index contributed by atoms with van der Waals surface area (Å²) in [5.74, 6) is -2.67. The minimum Gasteiger partial charge on any atom is -0.378 e. The maximum atomic E-state index is 10.7. The van der Waals surface area contributed by atoms with Gasteiger partial charge in [0.1, 0.15) is 5.69 Å². The predicted octanol–water partition coefficient (Wildman–Crippen LogP) is 1.71. The number of rotatable bonds is 6. The lowest BCUT2D eigenvalue weighted by Crippen LogP contribution is -2.57. The van der Waals surface area contributed by atoms with Crippen LogP contribution in [0.2, 0.25) is 0 Å². The molecule has 24 heavy (non-hydrogen) atoms. The molecule has 2 rings (SSSR count). The van der Waals surface area contributed by atoms with E-state index in [9.17, 15) is 15.3 Å². The first-order valence-electron chi connectivity index (χ1n) is 7.58. The summed E-state index contributed by atoms with van der Waals surface area (Å²) in [6.07, 6.45) is 4.62. The van der Waals surface area contributed by atoms with E-state index in [1.54, 1.807) is 19.1 Å². The minimum atomic E-state index is -2.67. The Bertz CT molecular complexity index is 724. The van der Waals surface area contributed by atoms with Crippen molar-refractivity contribution in [3.05, 3.63) is 78.7 Å². The molecule has 126 valence electrons. The lowest BCUT2D eigenvalue weighted by molar-refractivity contribution is -0.268. The summed E-state index contributed by atoms with van der Waals surface area (Å²) in [7, 11) is 0. The predicted molar refractivity (Wildman–Crippen MR) is 93.7 cm³/mol. The zero-order valence-corrected chi connectivity index (χ0v) is 13.6. The van der Waals surface area contributed by atoms with Crippen LogP contribution in [0.1, 0.15) is 12.6 Å². The van der Waals surface area contributed by atoms with Crippen molar-refractivity contribution >= 4 is 0 Å². The average Bonchev–Trinajstić information content (AvgIpc) is 2.61. The summed E-state index contributed by atoms with van der Waals surface area (Å²) in [5, 5.41) is 31.7. The Morgan fingerprint density at radius 2 is 1.79 bits per heavy atom. The normalized spacial score (nSPS) is 14.5. The van der Waals surface area contributed by atoms with Gasteiger partial charge in [0.15, 0.2) is 5.60 Å². The average molecular weight is 326 g/mol. The van der Waals surface area contributed by atoms with E-state index >= 15 is 0 Å². The third kappa shape index (κ3) is 3.16. The van der Waals surface area contributed by atoms with E-state index in [1.807, 2.05) is 30.3 Å². The molecule has 0 aliphatic carbocycles. The van der Waals surface area contributed by atoms with Crippen molar-refractivity contribution in [1.82, 2.24) is 4.98 Å². The summed E-state index contributed by atoms with van der Waals surface area (Å²) < 4.78 is 0. The van der Waals surface area contributed by atoms with Crippen LogP contribution in [-0.4, -0.2) is 32.4 Å². The van der Waals surface area contributed by atoms with Gasteiger partial charge in [0.2, 0.25) is 5.79 Å². The fourth-order valence-corrected chi connectivity index (χ4v) is 2.45. The first kappa shape index (κ1) is 18.0. The molecule has 1 atom stereocenters. The van der Waals surface area contributed by atoms with Crippen molar-refractivity contribution in [3.8, 4) is 11.1 Å². The molecular weight excluding hydrogens is 304 g/mol. The molecule has 0 radical (unpaired) electrons. The standard InChI is InChI=1S/C19H22N2O3/c1-3-7-14(2)18(22,13-20)19(23,24)17-11-10-16(12-21-17)15-8-5-4-6-9-15/h3-12,22-24H,2,13,20H2,1H3. The number of aromatic nitrogens is 1. The van der Waals surface area contributed by atoms with Crippen molar-refractivity contribution in [2.45, 2.75) is 18.3 Å². The molecule has 0 bridgehead atoms. The first-order chi connectivity index (χ1) is 11.4. The Balaban J connectivity index is 2.40. The largest absolute Gasteiger partial charge is 0.378 e. The molecule has 0 fully saturated rings. The molecule has 0 aliphatic rings. The van der Waals surface area contributed by atoms with Crippen LogP contribution in [-0.2, 0) is 5.79 Å². The molecule has 5 N–H and O–H groups in total. The zero-order valence-electron chi connectivity index (χ0n) is 13.6. The van der Waals surface area contributed by atoms with Gasteiger partial charge in [-0.15, -0.1) is 0 Å². The summed E-state index contributed by atoms with van der Waals surface area (Å²) in [5.41, 5.74) is 5.18. The second kappa shape index (κ2) is 7.07. The second-order valence-corrected chi connectivity index (χ2v) is 5.56. The molecule has 0 spiro atoms. The highest BCUT2D eigenvalue weighted by atomic mass is 16.5. The third-order valence-electron chi connectivity index (χ3n) is 4.00. The maximum Gasteiger partial charge on any atom is 0.242 e. The van der Waals surface area contributed by atoms with Crippen LogP contribution in [0.5, 0.6) is 0 Å². The van der Waals surface area contributed by atoms with Crippen molar-refractivity contribution in [2.24, 2.45) is 5.73 Å². The number of aliphatic hydroxyl groups is 3. The fraction of sp³-hybridized carbons (Fsp3) is 0.211.